The predicted octanol–water partition coefficient (Wildman–Crippen LogP) is 6.56. The molecular formula is C20H19Cl2FN4. The maximum atomic E-state index is 13.8. The summed E-state index contributed by atoms with van der Waals surface area (Å²) in [6.07, 6.45) is 5.91. The number of hydrogen-bond acceptors (Lipinski definition) is 4. The Labute approximate surface area is 167 Å². The SMILES string of the molecule is Fc1ccc2c(NC3CCCCC3)nc(Nc3cc(Cl)cc(Cl)c3)nc2c1. The van der Waals surface area contributed by atoms with Crippen molar-refractivity contribution in [3.8, 4) is 0 Å². The van der Waals surface area contributed by atoms with Gasteiger partial charge in [0.05, 0.1) is 5.52 Å². The molecule has 1 heterocycles. The van der Waals surface area contributed by atoms with Crippen LogP contribution in [0.3, 0.4) is 0 Å². The van der Waals surface area contributed by atoms with Crippen LogP contribution in [0.5, 0.6) is 0 Å². The van der Waals surface area contributed by atoms with Crippen LogP contribution >= 0.6 is 23.2 Å². The number of halogens is 3. The number of aromatic nitrogens is 2. The van der Waals surface area contributed by atoms with Crippen molar-refractivity contribution in [1.82, 2.24) is 9.97 Å². The maximum Gasteiger partial charge on any atom is 0.229 e. The van der Waals surface area contributed by atoms with E-state index in [1.807, 2.05) is 0 Å². The predicted molar refractivity (Wildman–Crippen MR) is 110 cm³/mol. The molecule has 1 saturated carbocycles. The summed E-state index contributed by atoms with van der Waals surface area (Å²) in [6.45, 7) is 0. The lowest BCUT2D eigenvalue weighted by molar-refractivity contribution is 0.462. The van der Waals surface area contributed by atoms with Crippen molar-refractivity contribution in [2.24, 2.45) is 0 Å². The van der Waals surface area contributed by atoms with E-state index in [2.05, 4.69) is 20.6 Å². The van der Waals surface area contributed by atoms with Crippen LogP contribution in [0.15, 0.2) is 36.4 Å². The second-order valence-corrected chi connectivity index (χ2v) is 7.69. The monoisotopic (exact) mass is 404 g/mol. The standard InChI is InChI=1S/C20H19Cl2FN4/c21-12-8-13(22)10-16(9-12)25-20-26-18-11-14(23)6-7-17(18)19(27-20)24-15-4-2-1-3-5-15/h6-11,15H,1-5H2,(H2,24,25,26,27). The number of nitrogens with one attached hydrogen (secondary N) is 2. The van der Waals surface area contributed by atoms with Crippen LogP contribution in [0.4, 0.5) is 21.8 Å². The number of nitrogens with zero attached hydrogens (tertiary/aromatic N) is 2. The molecule has 0 saturated heterocycles. The number of benzene rings is 2. The molecule has 1 aromatic heterocycles. The highest BCUT2D eigenvalue weighted by molar-refractivity contribution is 6.35. The molecule has 0 radical (unpaired) electrons. The van der Waals surface area contributed by atoms with Crippen LogP contribution in [-0.4, -0.2) is 16.0 Å². The van der Waals surface area contributed by atoms with Gasteiger partial charge in [-0.15, -0.1) is 0 Å². The molecule has 0 atom stereocenters. The molecule has 0 aliphatic heterocycles. The summed E-state index contributed by atoms with van der Waals surface area (Å²) in [7, 11) is 0. The van der Waals surface area contributed by atoms with E-state index in [1.54, 1.807) is 24.3 Å². The molecule has 4 rings (SSSR count). The molecule has 1 aliphatic carbocycles. The van der Waals surface area contributed by atoms with E-state index >= 15 is 0 Å². The molecule has 1 fully saturated rings. The first-order valence-corrected chi connectivity index (χ1v) is 9.79. The van der Waals surface area contributed by atoms with Crippen molar-refractivity contribution in [2.75, 3.05) is 10.6 Å². The van der Waals surface area contributed by atoms with Crippen LogP contribution in [0.2, 0.25) is 10.0 Å². The minimum atomic E-state index is -0.332. The lowest BCUT2D eigenvalue weighted by atomic mass is 9.95. The van der Waals surface area contributed by atoms with Gasteiger partial charge in [-0.25, -0.2) is 9.37 Å². The Morgan fingerprint density at radius 3 is 2.41 bits per heavy atom. The number of rotatable bonds is 4. The highest BCUT2D eigenvalue weighted by Crippen LogP contribution is 2.29. The first-order valence-electron chi connectivity index (χ1n) is 9.04. The average molecular weight is 405 g/mol. The fraction of sp³-hybridized carbons (Fsp3) is 0.300. The number of hydrogen-bond donors (Lipinski definition) is 2. The lowest BCUT2D eigenvalue weighted by Crippen LogP contribution is -2.23. The van der Waals surface area contributed by atoms with E-state index in [0.29, 0.717) is 39.1 Å². The quantitative estimate of drug-likeness (QED) is 0.516. The summed E-state index contributed by atoms with van der Waals surface area (Å²) < 4.78 is 13.8. The lowest BCUT2D eigenvalue weighted by Gasteiger charge is -2.24. The van der Waals surface area contributed by atoms with E-state index in [-0.39, 0.29) is 5.82 Å². The van der Waals surface area contributed by atoms with Crippen LogP contribution in [0, 0.1) is 5.82 Å². The van der Waals surface area contributed by atoms with Crippen molar-refractivity contribution in [3.63, 3.8) is 0 Å². The van der Waals surface area contributed by atoms with Crippen LogP contribution in [0.25, 0.3) is 10.9 Å². The summed E-state index contributed by atoms with van der Waals surface area (Å²) in [5, 5.41) is 8.47. The molecule has 140 valence electrons. The second-order valence-electron chi connectivity index (χ2n) is 6.82. The molecule has 2 aromatic carbocycles. The molecule has 2 N–H and O–H groups in total. The van der Waals surface area contributed by atoms with Crippen LogP contribution in [-0.2, 0) is 0 Å². The summed E-state index contributed by atoms with van der Waals surface area (Å²) in [6, 6.07) is 10.1. The van der Waals surface area contributed by atoms with Crippen molar-refractivity contribution in [3.05, 3.63) is 52.3 Å². The third kappa shape index (κ3) is 4.42. The third-order valence-electron chi connectivity index (χ3n) is 4.72. The summed E-state index contributed by atoms with van der Waals surface area (Å²) >= 11 is 12.1. The Morgan fingerprint density at radius 2 is 1.67 bits per heavy atom. The van der Waals surface area contributed by atoms with Gasteiger partial charge in [-0.1, -0.05) is 42.5 Å². The van der Waals surface area contributed by atoms with Gasteiger partial charge in [0.25, 0.3) is 0 Å². The summed E-state index contributed by atoms with van der Waals surface area (Å²) in [4.78, 5) is 9.09. The van der Waals surface area contributed by atoms with Gasteiger partial charge in [-0.05, 0) is 43.2 Å². The fourth-order valence-corrected chi connectivity index (χ4v) is 3.99. The molecule has 4 nitrogen and oxygen atoms in total. The fourth-order valence-electron chi connectivity index (χ4n) is 3.46. The van der Waals surface area contributed by atoms with Gasteiger partial charge < -0.3 is 10.6 Å². The molecule has 0 amide bonds. The van der Waals surface area contributed by atoms with Crippen molar-refractivity contribution in [1.29, 1.82) is 0 Å². The molecule has 0 bridgehead atoms. The van der Waals surface area contributed by atoms with Gasteiger partial charge in [0.1, 0.15) is 11.6 Å². The van der Waals surface area contributed by atoms with Gasteiger partial charge in [-0.2, -0.15) is 4.98 Å². The zero-order valence-corrected chi connectivity index (χ0v) is 16.1. The molecule has 27 heavy (non-hydrogen) atoms. The van der Waals surface area contributed by atoms with E-state index in [4.69, 9.17) is 23.2 Å². The third-order valence-corrected chi connectivity index (χ3v) is 5.16. The first-order chi connectivity index (χ1) is 13.1. The van der Waals surface area contributed by atoms with E-state index in [9.17, 15) is 4.39 Å². The van der Waals surface area contributed by atoms with Crippen LogP contribution < -0.4 is 10.6 Å². The number of fused-ring (bicyclic) bond motifs is 1. The zero-order valence-electron chi connectivity index (χ0n) is 14.6. The average Bonchev–Trinajstić information content (AvgIpc) is 2.61. The van der Waals surface area contributed by atoms with Crippen LogP contribution in [0.1, 0.15) is 32.1 Å². The summed E-state index contributed by atoms with van der Waals surface area (Å²) in [5.74, 6) is 0.744. The van der Waals surface area contributed by atoms with E-state index < -0.39 is 0 Å². The zero-order chi connectivity index (χ0) is 18.8. The molecular weight excluding hydrogens is 386 g/mol. The highest BCUT2D eigenvalue weighted by Gasteiger charge is 2.16. The minimum Gasteiger partial charge on any atom is -0.367 e. The van der Waals surface area contributed by atoms with Gasteiger partial charge >= 0.3 is 0 Å². The number of anilines is 3. The molecule has 0 spiro atoms. The Bertz CT molecular complexity index is 953. The Morgan fingerprint density at radius 1 is 0.926 bits per heavy atom. The van der Waals surface area contributed by atoms with Crippen molar-refractivity contribution < 1.29 is 4.39 Å². The molecule has 0 unspecified atom stereocenters. The van der Waals surface area contributed by atoms with E-state index in [0.717, 1.165) is 18.2 Å². The van der Waals surface area contributed by atoms with Crippen molar-refractivity contribution >= 4 is 51.6 Å². The topological polar surface area (TPSA) is 49.8 Å². The van der Waals surface area contributed by atoms with E-state index in [1.165, 1.54) is 31.4 Å². The summed E-state index contributed by atoms with van der Waals surface area (Å²) in [5.41, 5.74) is 1.21. The smallest absolute Gasteiger partial charge is 0.229 e. The molecule has 1 aliphatic rings. The molecule has 7 heteroatoms. The first kappa shape index (κ1) is 18.3. The maximum absolute atomic E-state index is 13.8. The Balaban J connectivity index is 1.71. The Kier molecular flexibility index (Phi) is 5.32. The van der Waals surface area contributed by atoms with Gasteiger partial charge in [0, 0.05) is 33.2 Å². The molecule has 3 aromatic rings. The second kappa shape index (κ2) is 7.87. The Hall–Kier alpha value is -2.11. The van der Waals surface area contributed by atoms with Gasteiger partial charge in [-0.3, -0.25) is 0 Å². The minimum absolute atomic E-state index is 0.332. The van der Waals surface area contributed by atoms with Gasteiger partial charge in [0.2, 0.25) is 5.95 Å². The van der Waals surface area contributed by atoms with Crippen molar-refractivity contribution in [2.45, 2.75) is 38.1 Å². The normalized spacial score (nSPS) is 15.1. The highest BCUT2D eigenvalue weighted by atomic mass is 35.5. The largest absolute Gasteiger partial charge is 0.367 e. The van der Waals surface area contributed by atoms with Gasteiger partial charge in [0.15, 0.2) is 0 Å².